The Labute approximate surface area is 138 Å². The summed E-state index contributed by atoms with van der Waals surface area (Å²) in [5, 5.41) is 3.66. The molecule has 0 aromatic heterocycles. The zero-order valence-corrected chi connectivity index (χ0v) is 13.4. The molecule has 0 unspecified atom stereocenters. The lowest BCUT2D eigenvalue weighted by molar-refractivity contribution is 0.102. The summed E-state index contributed by atoms with van der Waals surface area (Å²) < 4.78 is 0. The average Bonchev–Trinajstić information content (AvgIpc) is 2.43. The predicted molar refractivity (Wildman–Crippen MR) is 91.5 cm³/mol. The van der Waals surface area contributed by atoms with Crippen molar-refractivity contribution in [3.8, 4) is 0 Å². The van der Waals surface area contributed by atoms with E-state index in [2.05, 4.69) is 5.32 Å². The van der Waals surface area contributed by atoms with Crippen LogP contribution in [0.2, 0.25) is 10.0 Å². The summed E-state index contributed by atoms with van der Waals surface area (Å²) in [6.07, 6.45) is 0. The molecule has 0 fully saturated rings. The zero-order chi connectivity index (χ0) is 15.6. The summed E-state index contributed by atoms with van der Waals surface area (Å²) in [5.74, 6) is -0.307. The quantitative estimate of drug-likeness (QED) is 0.825. The molecule has 1 amide bonds. The molecular weight excluding hydrogens is 327 g/mol. The third-order valence-electron chi connectivity index (χ3n) is 2.93. The molecule has 0 aliphatic heterocycles. The maximum Gasteiger partial charge on any atom is 0.255 e. The molecule has 0 heterocycles. The molecule has 6 heteroatoms. The molecule has 0 saturated heterocycles. The van der Waals surface area contributed by atoms with Gasteiger partial charge in [0.25, 0.3) is 5.91 Å². The van der Waals surface area contributed by atoms with Crippen molar-refractivity contribution < 1.29 is 4.79 Å². The highest BCUT2D eigenvalue weighted by Crippen LogP contribution is 2.24. The lowest BCUT2D eigenvalue weighted by atomic mass is 10.1. The molecule has 2 rings (SSSR count). The Hall–Kier alpha value is -1.62. The van der Waals surface area contributed by atoms with Crippen LogP contribution in [0.3, 0.4) is 0 Å². The summed E-state index contributed by atoms with van der Waals surface area (Å²) in [6, 6.07) is 10.1. The number of benzene rings is 2. The van der Waals surface area contributed by atoms with E-state index in [1.165, 1.54) is 0 Å². The minimum Gasteiger partial charge on any atom is -0.389 e. The molecule has 0 spiro atoms. The molecule has 3 N–H and O–H groups in total. The number of thiocarbonyl (C=S) groups is 1. The second-order valence-electron chi connectivity index (χ2n) is 4.48. The standard InChI is InChI=1S/C15H12Cl2N2OS/c1-8-2-3-10(6-12(8)17)15(20)19-13-7-9(14(18)21)4-5-11(13)16/h2-7H,1H3,(H2,18,21)(H,19,20). The molecule has 3 nitrogen and oxygen atoms in total. The van der Waals surface area contributed by atoms with E-state index in [1.807, 2.05) is 6.92 Å². The van der Waals surface area contributed by atoms with Crippen molar-refractivity contribution in [1.29, 1.82) is 0 Å². The van der Waals surface area contributed by atoms with Gasteiger partial charge >= 0.3 is 0 Å². The van der Waals surface area contributed by atoms with Gasteiger partial charge < -0.3 is 11.1 Å². The van der Waals surface area contributed by atoms with Gasteiger partial charge in [-0.3, -0.25) is 4.79 Å². The molecule has 0 saturated carbocycles. The number of amides is 1. The monoisotopic (exact) mass is 338 g/mol. The molecule has 0 aliphatic carbocycles. The van der Waals surface area contributed by atoms with Crippen molar-refractivity contribution in [3.05, 3.63) is 63.1 Å². The fraction of sp³-hybridized carbons (Fsp3) is 0.0667. The lowest BCUT2D eigenvalue weighted by Gasteiger charge is -2.10. The Morgan fingerprint density at radius 3 is 2.38 bits per heavy atom. The molecule has 2 aromatic rings. The number of aryl methyl sites for hydroxylation is 1. The highest BCUT2D eigenvalue weighted by atomic mass is 35.5. The maximum atomic E-state index is 12.2. The average molecular weight is 339 g/mol. The van der Waals surface area contributed by atoms with Crippen LogP contribution in [0.25, 0.3) is 0 Å². The van der Waals surface area contributed by atoms with Crippen LogP contribution in [0.1, 0.15) is 21.5 Å². The molecule has 21 heavy (non-hydrogen) atoms. The van der Waals surface area contributed by atoms with E-state index in [9.17, 15) is 4.79 Å². The van der Waals surface area contributed by atoms with Crippen LogP contribution < -0.4 is 11.1 Å². The Balaban J connectivity index is 2.28. The Morgan fingerprint density at radius 1 is 1.10 bits per heavy atom. The van der Waals surface area contributed by atoms with Crippen molar-refractivity contribution in [3.63, 3.8) is 0 Å². The van der Waals surface area contributed by atoms with Gasteiger partial charge in [0.2, 0.25) is 0 Å². The second kappa shape index (κ2) is 6.43. The predicted octanol–water partition coefficient (Wildman–Crippen LogP) is 4.19. The Bertz CT molecular complexity index is 732. The lowest BCUT2D eigenvalue weighted by Crippen LogP contribution is -2.14. The van der Waals surface area contributed by atoms with Gasteiger partial charge in [-0.15, -0.1) is 0 Å². The van der Waals surface area contributed by atoms with Gasteiger partial charge in [0.05, 0.1) is 10.7 Å². The number of anilines is 1. The molecule has 2 aromatic carbocycles. The first-order valence-corrected chi connectivity index (χ1v) is 7.22. The number of halogens is 2. The third kappa shape index (κ3) is 3.73. The van der Waals surface area contributed by atoms with E-state index in [-0.39, 0.29) is 10.9 Å². The van der Waals surface area contributed by atoms with Gasteiger partial charge in [-0.1, -0.05) is 47.6 Å². The van der Waals surface area contributed by atoms with Crippen molar-refractivity contribution in [1.82, 2.24) is 0 Å². The highest BCUT2D eigenvalue weighted by Gasteiger charge is 2.11. The normalized spacial score (nSPS) is 10.2. The van der Waals surface area contributed by atoms with Gasteiger partial charge in [0, 0.05) is 16.1 Å². The number of rotatable bonds is 3. The number of carbonyl (C=O) groups is 1. The number of carbonyl (C=O) groups excluding carboxylic acids is 1. The summed E-state index contributed by atoms with van der Waals surface area (Å²) in [4.78, 5) is 12.5. The van der Waals surface area contributed by atoms with Crippen LogP contribution in [-0.2, 0) is 0 Å². The largest absolute Gasteiger partial charge is 0.389 e. The van der Waals surface area contributed by atoms with Crippen molar-refractivity contribution in [2.45, 2.75) is 6.92 Å². The van der Waals surface area contributed by atoms with Crippen molar-refractivity contribution in [2.75, 3.05) is 5.32 Å². The fourth-order valence-electron chi connectivity index (χ4n) is 1.70. The van der Waals surface area contributed by atoms with Crippen LogP contribution in [0.5, 0.6) is 0 Å². The van der Waals surface area contributed by atoms with Crippen LogP contribution in [0.15, 0.2) is 36.4 Å². The van der Waals surface area contributed by atoms with E-state index < -0.39 is 0 Å². The second-order valence-corrected chi connectivity index (χ2v) is 5.73. The zero-order valence-electron chi connectivity index (χ0n) is 11.1. The molecule has 108 valence electrons. The van der Waals surface area contributed by atoms with Crippen LogP contribution >= 0.6 is 35.4 Å². The van der Waals surface area contributed by atoms with E-state index in [4.69, 9.17) is 41.2 Å². The first-order chi connectivity index (χ1) is 9.88. The summed E-state index contributed by atoms with van der Waals surface area (Å²) in [6.45, 7) is 1.87. The number of nitrogens with two attached hydrogens (primary N) is 1. The van der Waals surface area contributed by atoms with Gasteiger partial charge in [-0.2, -0.15) is 0 Å². The topological polar surface area (TPSA) is 55.1 Å². The smallest absolute Gasteiger partial charge is 0.255 e. The molecular formula is C15H12Cl2N2OS. The third-order valence-corrected chi connectivity index (χ3v) is 3.91. The molecule has 0 atom stereocenters. The first-order valence-electron chi connectivity index (χ1n) is 6.05. The van der Waals surface area contributed by atoms with Gasteiger partial charge in [0.15, 0.2) is 0 Å². The van der Waals surface area contributed by atoms with Crippen LogP contribution in [0.4, 0.5) is 5.69 Å². The van der Waals surface area contributed by atoms with E-state index >= 15 is 0 Å². The maximum absolute atomic E-state index is 12.2. The molecule has 0 aliphatic rings. The minimum atomic E-state index is -0.307. The number of hydrogen-bond donors (Lipinski definition) is 2. The highest BCUT2D eigenvalue weighted by molar-refractivity contribution is 7.80. The Morgan fingerprint density at radius 2 is 1.76 bits per heavy atom. The van der Waals surface area contributed by atoms with Gasteiger partial charge in [0.1, 0.15) is 4.99 Å². The van der Waals surface area contributed by atoms with Crippen molar-refractivity contribution in [2.24, 2.45) is 5.73 Å². The fourth-order valence-corrected chi connectivity index (χ4v) is 2.18. The van der Waals surface area contributed by atoms with Gasteiger partial charge in [-0.25, -0.2) is 0 Å². The van der Waals surface area contributed by atoms with Crippen LogP contribution in [0, 0.1) is 6.92 Å². The first kappa shape index (κ1) is 15.8. The van der Waals surface area contributed by atoms with E-state index in [1.54, 1.807) is 36.4 Å². The number of nitrogens with one attached hydrogen (secondary N) is 1. The molecule has 0 bridgehead atoms. The SMILES string of the molecule is Cc1ccc(C(=O)Nc2cc(C(N)=S)ccc2Cl)cc1Cl. The summed E-state index contributed by atoms with van der Waals surface area (Å²) >= 11 is 17.0. The number of hydrogen-bond acceptors (Lipinski definition) is 2. The summed E-state index contributed by atoms with van der Waals surface area (Å²) in [5.41, 5.74) is 8.00. The summed E-state index contributed by atoms with van der Waals surface area (Å²) in [7, 11) is 0. The van der Waals surface area contributed by atoms with Gasteiger partial charge in [-0.05, 0) is 36.8 Å². The minimum absolute atomic E-state index is 0.237. The molecule has 0 radical (unpaired) electrons. The Kier molecular flexibility index (Phi) is 4.83. The van der Waals surface area contributed by atoms with Crippen molar-refractivity contribution >= 4 is 52.0 Å². The van der Waals surface area contributed by atoms with E-state index in [0.29, 0.717) is 26.9 Å². The van der Waals surface area contributed by atoms with Crippen LogP contribution in [-0.4, -0.2) is 10.9 Å². The van der Waals surface area contributed by atoms with E-state index in [0.717, 1.165) is 5.56 Å².